The first-order valence-electron chi connectivity index (χ1n) is 6.63. The van der Waals surface area contributed by atoms with Gasteiger partial charge in [-0.25, -0.2) is 0 Å². The number of hydrogen-bond acceptors (Lipinski definition) is 2. The van der Waals surface area contributed by atoms with Crippen molar-refractivity contribution in [1.82, 2.24) is 0 Å². The highest BCUT2D eigenvalue weighted by molar-refractivity contribution is 6.33. The SMILES string of the molecule is Cc1cc(C(=O)C(C)Cl)ccc1OCc1ccc(Cl)cc1. The summed E-state index contributed by atoms with van der Waals surface area (Å²) >= 11 is 11.7. The molecule has 0 aliphatic rings. The lowest BCUT2D eigenvalue weighted by Crippen LogP contribution is -2.10. The highest BCUT2D eigenvalue weighted by atomic mass is 35.5. The van der Waals surface area contributed by atoms with Gasteiger partial charge in [-0.2, -0.15) is 0 Å². The molecule has 110 valence electrons. The Labute approximate surface area is 134 Å². The first-order chi connectivity index (χ1) is 9.97. The first-order valence-corrected chi connectivity index (χ1v) is 7.45. The van der Waals surface area contributed by atoms with E-state index in [1.165, 1.54) is 0 Å². The number of carbonyl (C=O) groups excluding carboxylic acids is 1. The van der Waals surface area contributed by atoms with E-state index in [0.29, 0.717) is 17.2 Å². The van der Waals surface area contributed by atoms with Gasteiger partial charge in [-0.15, -0.1) is 11.6 Å². The van der Waals surface area contributed by atoms with E-state index in [2.05, 4.69) is 0 Å². The van der Waals surface area contributed by atoms with E-state index in [1.807, 2.05) is 31.2 Å². The predicted octanol–water partition coefficient (Wildman–Crippen LogP) is 5.04. The Kier molecular flexibility index (Phi) is 5.27. The number of aryl methyl sites for hydroxylation is 1. The fourth-order valence-corrected chi connectivity index (χ4v) is 2.19. The summed E-state index contributed by atoms with van der Waals surface area (Å²) < 4.78 is 5.77. The molecule has 0 aromatic heterocycles. The topological polar surface area (TPSA) is 26.3 Å². The van der Waals surface area contributed by atoms with Crippen molar-refractivity contribution in [2.45, 2.75) is 25.8 Å². The van der Waals surface area contributed by atoms with Crippen LogP contribution in [0.4, 0.5) is 0 Å². The van der Waals surface area contributed by atoms with Crippen LogP contribution in [0.5, 0.6) is 5.75 Å². The number of carbonyl (C=O) groups is 1. The molecule has 0 spiro atoms. The molecule has 0 heterocycles. The number of ether oxygens (including phenoxy) is 1. The van der Waals surface area contributed by atoms with E-state index in [9.17, 15) is 4.79 Å². The quantitative estimate of drug-likeness (QED) is 0.569. The number of rotatable bonds is 5. The number of Topliss-reactive ketones (excluding diaryl/α,β-unsaturated/α-hetero) is 1. The Bertz CT molecular complexity index is 634. The third kappa shape index (κ3) is 4.23. The van der Waals surface area contributed by atoms with E-state index < -0.39 is 5.38 Å². The van der Waals surface area contributed by atoms with Crippen molar-refractivity contribution >= 4 is 29.0 Å². The zero-order chi connectivity index (χ0) is 15.4. The van der Waals surface area contributed by atoms with Crippen LogP contribution in [-0.4, -0.2) is 11.2 Å². The van der Waals surface area contributed by atoms with Gasteiger partial charge in [0.25, 0.3) is 0 Å². The van der Waals surface area contributed by atoms with Gasteiger partial charge in [-0.05, 0) is 55.3 Å². The molecule has 0 amide bonds. The van der Waals surface area contributed by atoms with E-state index in [0.717, 1.165) is 16.9 Å². The van der Waals surface area contributed by atoms with Gasteiger partial charge in [0.15, 0.2) is 5.78 Å². The van der Waals surface area contributed by atoms with Crippen molar-refractivity contribution in [3.05, 3.63) is 64.2 Å². The van der Waals surface area contributed by atoms with Crippen molar-refractivity contribution in [2.75, 3.05) is 0 Å². The fourth-order valence-electron chi connectivity index (χ4n) is 1.94. The van der Waals surface area contributed by atoms with E-state index >= 15 is 0 Å². The smallest absolute Gasteiger partial charge is 0.180 e. The summed E-state index contributed by atoms with van der Waals surface area (Å²) in [6.45, 7) is 4.04. The standard InChI is InChI=1S/C17H16Cl2O2/c1-11-9-14(17(20)12(2)18)5-8-16(11)21-10-13-3-6-15(19)7-4-13/h3-9,12H,10H2,1-2H3. The minimum absolute atomic E-state index is 0.0796. The molecule has 0 bridgehead atoms. The van der Waals surface area contributed by atoms with Gasteiger partial charge in [0.2, 0.25) is 0 Å². The molecule has 0 radical (unpaired) electrons. The molecule has 0 aliphatic heterocycles. The lowest BCUT2D eigenvalue weighted by atomic mass is 10.1. The van der Waals surface area contributed by atoms with Crippen LogP contribution in [0.1, 0.15) is 28.4 Å². The van der Waals surface area contributed by atoms with Crippen LogP contribution in [-0.2, 0) is 6.61 Å². The average molecular weight is 323 g/mol. The van der Waals surface area contributed by atoms with Crippen LogP contribution in [0.25, 0.3) is 0 Å². The molecule has 4 heteroatoms. The van der Waals surface area contributed by atoms with Crippen LogP contribution >= 0.6 is 23.2 Å². The summed E-state index contributed by atoms with van der Waals surface area (Å²) in [5.41, 5.74) is 2.55. The second-order valence-electron chi connectivity index (χ2n) is 4.88. The highest BCUT2D eigenvalue weighted by Gasteiger charge is 2.13. The van der Waals surface area contributed by atoms with E-state index in [1.54, 1.807) is 25.1 Å². The molecule has 2 rings (SSSR count). The van der Waals surface area contributed by atoms with Gasteiger partial charge in [0, 0.05) is 10.6 Å². The zero-order valence-corrected chi connectivity index (χ0v) is 13.4. The zero-order valence-electron chi connectivity index (χ0n) is 11.9. The van der Waals surface area contributed by atoms with Crippen LogP contribution in [0.3, 0.4) is 0 Å². The van der Waals surface area contributed by atoms with E-state index in [4.69, 9.17) is 27.9 Å². The average Bonchev–Trinajstić information content (AvgIpc) is 2.46. The summed E-state index contributed by atoms with van der Waals surface area (Å²) in [7, 11) is 0. The van der Waals surface area contributed by atoms with Gasteiger partial charge >= 0.3 is 0 Å². The molecule has 0 saturated carbocycles. The second kappa shape index (κ2) is 6.97. The third-order valence-electron chi connectivity index (χ3n) is 3.13. The van der Waals surface area contributed by atoms with Crippen LogP contribution in [0, 0.1) is 6.92 Å². The number of benzene rings is 2. The minimum Gasteiger partial charge on any atom is -0.489 e. The number of hydrogen-bond donors (Lipinski definition) is 0. The molecule has 2 nitrogen and oxygen atoms in total. The maximum Gasteiger partial charge on any atom is 0.180 e. The Morgan fingerprint density at radius 2 is 1.86 bits per heavy atom. The van der Waals surface area contributed by atoms with Crippen LogP contribution in [0.2, 0.25) is 5.02 Å². The summed E-state index contributed by atoms with van der Waals surface area (Å²) in [5.74, 6) is 0.674. The predicted molar refractivity (Wildman–Crippen MR) is 86.6 cm³/mol. The summed E-state index contributed by atoms with van der Waals surface area (Å²) in [5, 5.41) is 0.179. The molecule has 1 unspecified atom stereocenters. The van der Waals surface area contributed by atoms with E-state index in [-0.39, 0.29) is 5.78 Å². The van der Waals surface area contributed by atoms with Crippen molar-refractivity contribution in [3.63, 3.8) is 0 Å². The van der Waals surface area contributed by atoms with Crippen molar-refractivity contribution in [1.29, 1.82) is 0 Å². The van der Waals surface area contributed by atoms with Gasteiger partial charge in [-0.3, -0.25) is 4.79 Å². The Balaban J connectivity index is 2.07. The molecule has 1 atom stereocenters. The normalized spacial score (nSPS) is 12.0. The largest absolute Gasteiger partial charge is 0.489 e. The van der Waals surface area contributed by atoms with Crippen molar-refractivity contribution in [2.24, 2.45) is 0 Å². The molecule has 0 aliphatic carbocycles. The van der Waals surface area contributed by atoms with Gasteiger partial charge in [0.1, 0.15) is 12.4 Å². The summed E-state index contributed by atoms with van der Waals surface area (Å²) in [4.78, 5) is 11.8. The molecular formula is C17H16Cl2O2. The Morgan fingerprint density at radius 3 is 2.43 bits per heavy atom. The number of halogens is 2. The lowest BCUT2D eigenvalue weighted by Gasteiger charge is -2.11. The van der Waals surface area contributed by atoms with Gasteiger partial charge in [-0.1, -0.05) is 23.7 Å². The molecule has 0 fully saturated rings. The molecule has 0 saturated heterocycles. The molecular weight excluding hydrogens is 307 g/mol. The third-order valence-corrected chi connectivity index (χ3v) is 3.58. The van der Waals surface area contributed by atoms with Crippen LogP contribution < -0.4 is 4.74 Å². The molecule has 2 aromatic rings. The lowest BCUT2D eigenvalue weighted by molar-refractivity contribution is 0.0991. The Morgan fingerprint density at radius 1 is 1.19 bits per heavy atom. The van der Waals surface area contributed by atoms with Crippen LogP contribution in [0.15, 0.2) is 42.5 Å². The maximum absolute atomic E-state index is 11.8. The fraction of sp³-hybridized carbons (Fsp3) is 0.235. The first kappa shape index (κ1) is 15.9. The summed E-state index contributed by atoms with van der Waals surface area (Å²) in [6.07, 6.45) is 0. The van der Waals surface area contributed by atoms with Gasteiger partial charge < -0.3 is 4.74 Å². The highest BCUT2D eigenvalue weighted by Crippen LogP contribution is 2.22. The summed E-state index contributed by atoms with van der Waals surface area (Å²) in [6, 6.07) is 12.9. The number of alkyl halides is 1. The monoisotopic (exact) mass is 322 g/mol. The molecule has 2 aromatic carbocycles. The minimum atomic E-state index is -0.523. The van der Waals surface area contributed by atoms with Gasteiger partial charge in [0.05, 0.1) is 5.38 Å². The Hall–Kier alpha value is -1.51. The number of ketones is 1. The van der Waals surface area contributed by atoms with Crippen molar-refractivity contribution in [3.8, 4) is 5.75 Å². The second-order valence-corrected chi connectivity index (χ2v) is 5.97. The maximum atomic E-state index is 11.8. The molecule has 21 heavy (non-hydrogen) atoms. The van der Waals surface area contributed by atoms with Crippen molar-refractivity contribution < 1.29 is 9.53 Å². The molecule has 0 N–H and O–H groups in total.